The molecule has 0 bridgehead atoms. The minimum Gasteiger partial charge on any atom is -0.475 e. The first-order valence-electron chi connectivity index (χ1n) is 6.16. The summed E-state index contributed by atoms with van der Waals surface area (Å²) >= 11 is 0. The SMILES string of the molecule is COCCCOCCOc1cc(C(=N)N)cc(C)n1. The minimum absolute atomic E-state index is 0.00571. The molecule has 0 amide bonds. The summed E-state index contributed by atoms with van der Waals surface area (Å²) in [7, 11) is 1.67. The van der Waals surface area contributed by atoms with Gasteiger partial charge in [0.05, 0.1) is 6.61 Å². The fourth-order valence-electron chi connectivity index (χ4n) is 1.48. The van der Waals surface area contributed by atoms with Crippen molar-refractivity contribution < 1.29 is 14.2 Å². The van der Waals surface area contributed by atoms with Crippen LogP contribution < -0.4 is 10.5 Å². The van der Waals surface area contributed by atoms with Crippen molar-refractivity contribution >= 4 is 5.84 Å². The van der Waals surface area contributed by atoms with E-state index in [1.54, 1.807) is 19.2 Å². The molecule has 106 valence electrons. The number of nitrogens with one attached hydrogen (secondary N) is 1. The Morgan fingerprint density at radius 2 is 2.05 bits per heavy atom. The number of ether oxygens (including phenoxy) is 3. The van der Waals surface area contributed by atoms with E-state index < -0.39 is 0 Å². The maximum Gasteiger partial charge on any atom is 0.214 e. The molecule has 0 aliphatic heterocycles. The Morgan fingerprint density at radius 3 is 2.74 bits per heavy atom. The van der Waals surface area contributed by atoms with Gasteiger partial charge < -0.3 is 19.9 Å². The van der Waals surface area contributed by atoms with E-state index in [2.05, 4.69) is 4.98 Å². The Morgan fingerprint density at radius 1 is 1.26 bits per heavy atom. The lowest BCUT2D eigenvalue weighted by molar-refractivity contribution is 0.0795. The number of aryl methyl sites for hydroxylation is 1. The van der Waals surface area contributed by atoms with Crippen LogP contribution in [0, 0.1) is 12.3 Å². The smallest absolute Gasteiger partial charge is 0.214 e. The van der Waals surface area contributed by atoms with Gasteiger partial charge in [-0.2, -0.15) is 0 Å². The zero-order valence-corrected chi connectivity index (χ0v) is 11.4. The van der Waals surface area contributed by atoms with Gasteiger partial charge >= 0.3 is 0 Å². The van der Waals surface area contributed by atoms with Crippen LogP contribution in [-0.2, 0) is 9.47 Å². The van der Waals surface area contributed by atoms with Crippen molar-refractivity contribution in [3.8, 4) is 5.88 Å². The minimum atomic E-state index is 0.00571. The third kappa shape index (κ3) is 6.17. The summed E-state index contributed by atoms with van der Waals surface area (Å²) in [4.78, 5) is 4.21. The second-order valence-corrected chi connectivity index (χ2v) is 4.06. The maximum atomic E-state index is 7.39. The van der Waals surface area contributed by atoms with Crippen LogP contribution in [0.3, 0.4) is 0 Å². The molecule has 0 aliphatic carbocycles. The molecular weight excluding hydrogens is 246 g/mol. The zero-order valence-electron chi connectivity index (χ0n) is 11.4. The number of rotatable bonds is 9. The lowest BCUT2D eigenvalue weighted by atomic mass is 10.2. The van der Waals surface area contributed by atoms with Crippen LogP contribution in [0.25, 0.3) is 0 Å². The van der Waals surface area contributed by atoms with E-state index in [0.717, 1.165) is 12.1 Å². The molecule has 0 atom stereocenters. The fourth-order valence-corrected chi connectivity index (χ4v) is 1.48. The molecule has 0 spiro atoms. The van der Waals surface area contributed by atoms with E-state index in [9.17, 15) is 0 Å². The molecule has 1 aromatic heterocycles. The largest absolute Gasteiger partial charge is 0.475 e. The summed E-state index contributed by atoms with van der Waals surface area (Å²) in [6.45, 7) is 4.09. The van der Waals surface area contributed by atoms with Gasteiger partial charge in [0.15, 0.2) is 0 Å². The van der Waals surface area contributed by atoms with E-state index in [1.165, 1.54) is 0 Å². The van der Waals surface area contributed by atoms with Crippen molar-refractivity contribution in [1.82, 2.24) is 4.98 Å². The molecule has 1 aromatic rings. The molecule has 0 saturated carbocycles. The van der Waals surface area contributed by atoms with E-state index in [-0.39, 0.29) is 5.84 Å². The molecule has 1 rings (SSSR count). The molecule has 0 saturated heterocycles. The van der Waals surface area contributed by atoms with Crippen molar-refractivity contribution in [3.05, 3.63) is 23.4 Å². The molecule has 6 nitrogen and oxygen atoms in total. The third-order valence-corrected chi connectivity index (χ3v) is 2.36. The average molecular weight is 267 g/mol. The Labute approximate surface area is 113 Å². The van der Waals surface area contributed by atoms with Crippen LogP contribution in [0.5, 0.6) is 5.88 Å². The fraction of sp³-hybridized carbons (Fsp3) is 0.538. The predicted octanol–water partition coefficient (Wildman–Crippen LogP) is 1.11. The summed E-state index contributed by atoms with van der Waals surface area (Å²) in [6, 6.07) is 3.40. The van der Waals surface area contributed by atoms with Crippen molar-refractivity contribution in [2.24, 2.45) is 5.73 Å². The van der Waals surface area contributed by atoms with Gasteiger partial charge in [0.2, 0.25) is 5.88 Å². The summed E-state index contributed by atoms with van der Waals surface area (Å²) in [5.74, 6) is 0.469. The molecule has 0 radical (unpaired) electrons. The second-order valence-electron chi connectivity index (χ2n) is 4.06. The first-order chi connectivity index (χ1) is 9.13. The topological polar surface area (TPSA) is 90.5 Å². The van der Waals surface area contributed by atoms with Gasteiger partial charge in [0.25, 0.3) is 0 Å². The highest BCUT2D eigenvalue weighted by atomic mass is 16.5. The lowest BCUT2D eigenvalue weighted by Crippen LogP contribution is -2.13. The number of nitrogens with two attached hydrogens (primary N) is 1. The van der Waals surface area contributed by atoms with Gasteiger partial charge in [-0.3, -0.25) is 5.41 Å². The Bertz CT molecular complexity index is 410. The quantitative estimate of drug-likeness (QED) is 0.397. The first kappa shape index (κ1) is 15.4. The van der Waals surface area contributed by atoms with Gasteiger partial charge in [0.1, 0.15) is 12.4 Å². The van der Waals surface area contributed by atoms with Crippen LogP contribution in [0.1, 0.15) is 17.7 Å². The second kappa shape index (κ2) is 8.44. The standard InChI is InChI=1S/C13H21N3O3/c1-10-8-11(13(14)15)9-12(16-10)19-7-6-18-5-3-4-17-2/h8-9H,3-7H2,1-2H3,(H3,14,15). The van der Waals surface area contributed by atoms with Gasteiger partial charge in [-0.1, -0.05) is 0 Å². The van der Waals surface area contributed by atoms with Crippen molar-refractivity contribution in [1.29, 1.82) is 5.41 Å². The number of amidine groups is 1. The summed E-state index contributed by atoms with van der Waals surface area (Å²) in [5, 5.41) is 7.39. The van der Waals surface area contributed by atoms with Crippen molar-refractivity contribution in [3.63, 3.8) is 0 Å². The Kier molecular flexibility index (Phi) is 6.84. The van der Waals surface area contributed by atoms with Crippen molar-refractivity contribution in [2.45, 2.75) is 13.3 Å². The first-order valence-corrected chi connectivity index (χ1v) is 6.16. The molecule has 6 heteroatoms. The summed E-state index contributed by atoms with van der Waals surface area (Å²) in [5.41, 5.74) is 6.82. The third-order valence-electron chi connectivity index (χ3n) is 2.36. The van der Waals surface area contributed by atoms with Crippen LogP contribution in [0.2, 0.25) is 0 Å². The van der Waals surface area contributed by atoms with E-state index in [4.69, 9.17) is 25.4 Å². The number of methoxy groups -OCH3 is 1. The molecule has 0 aliphatic rings. The molecule has 19 heavy (non-hydrogen) atoms. The number of aromatic nitrogens is 1. The van der Waals surface area contributed by atoms with Crippen LogP contribution >= 0.6 is 0 Å². The van der Waals surface area contributed by atoms with E-state index in [1.807, 2.05) is 6.92 Å². The molecule has 0 unspecified atom stereocenters. The van der Waals surface area contributed by atoms with E-state index >= 15 is 0 Å². The molecular formula is C13H21N3O3. The van der Waals surface area contributed by atoms with Crippen LogP contribution in [0.4, 0.5) is 0 Å². The van der Waals surface area contributed by atoms with Gasteiger partial charge in [-0.25, -0.2) is 4.98 Å². The number of hydrogen-bond acceptors (Lipinski definition) is 5. The lowest BCUT2D eigenvalue weighted by Gasteiger charge is -2.08. The molecule has 0 aromatic carbocycles. The average Bonchev–Trinajstić information content (AvgIpc) is 2.37. The van der Waals surface area contributed by atoms with Gasteiger partial charge in [-0.15, -0.1) is 0 Å². The number of nitrogens with zero attached hydrogens (tertiary/aromatic N) is 1. The zero-order chi connectivity index (χ0) is 14.1. The molecule has 0 fully saturated rings. The number of hydrogen-bond donors (Lipinski definition) is 2. The predicted molar refractivity (Wildman–Crippen MR) is 72.8 cm³/mol. The highest BCUT2D eigenvalue weighted by molar-refractivity contribution is 5.95. The summed E-state index contributed by atoms with van der Waals surface area (Å²) < 4.78 is 15.7. The normalized spacial score (nSPS) is 10.4. The summed E-state index contributed by atoms with van der Waals surface area (Å²) in [6.07, 6.45) is 0.869. The molecule has 1 heterocycles. The maximum absolute atomic E-state index is 7.39. The Balaban J connectivity index is 2.31. The number of pyridine rings is 1. The molecule has 3 N–H and O–H groups in total. The van der Waals surface area contributed by atoms with E-state index in [0.29, 0.717) is 37.9 Å². The number of nitrogen functional groups attached to an aromatic ring is 1. The van der Waals surface area contributed by atoms with Crippen LogP contribution in [0.15, 0.2) is 12.1 Å². The van der Waals surface area contributed by atoms with Gasteiger partial charge in [0, 0.05) is 37.6 Å². The highest BCUT2D eigenvalue weighted by Crippen LogP contribution is 2.11. The van der Waals surface area contributed by atoms with Gasteiger partial charge in [-0.05, 0) is 19.4 Å². The Hall–Kier alpha value is -1.66. The monoisotopic (exact) mass is 267 g/mol. The van der Waals surface area contributed by atoms with Crippen LogP contribution in [-0.4, -0.2) is 44.4 Å². The highest BCUT2D eigenvalue weighted by Gasteiger charge is 2.03. The van der Waals surface area contributed by atoms with Crippen molar-refractivity contribution in [2.75, 3.05) is 33.5 Å².